The molecule has 0 saturated heterocycles. The van der Waals surface area contributed by atoms with E-state index in [9.17, 15) is 4.79 Å². The number of carbonyl (C=O) groups excluding carboxylic acids is 1. The number of hydrogen-bond acceptors (Lipinski definition) is 2. The number of aldehydes is 1. The van der Waals surface area contributed by atoms with Crippen molar-refractivity contribution in [3.63, 3.8) is 0 Å². The molecule has 0 atom stereocenters. The summed E-state index contributed by atoms with van der Waals surface area (Å²) in [5.74, 6) is 0. The van der Waals surface area contributed by atoms with E-state index in [1.807, 2.05) is 31.2 Å². The fourth-order valence-corrected chi connectivity index (χ4v) is 1.38. The molecular weight excluding hydrogens is 162 g/mol. The molecule has 2 rings (SSSR count). The number of aryl methyl sites for hydroxylation is 1. The minimum absolute atomic E-state index is 0.488. The number of fused-ring (bicyclic) bond motifs is 1. The molecule has 2 heteroatoms. The van der Waals surface area contributed by atoms with Crippen molar-refractivity contribution in [2.75, 3.05) is 0 Å². The molecule has 13 heavy (non-hydrogen) atoms. The number of rotatable bonds is 1. The molecule has 0 saturated carbocycles. The highest BCUT2D eigenvalue weighted by Crippen LogP contribution is 2.15. The maximum atomic E-state index is 10.5. The predicted molar refractivity (Wildman–Crippen MR) is 51.9 cm³/mol. The summed E-state index contributed by atoms with van der Waals surface area (Å²) in [6.07, 6.45) is 0.770. The van der Waals surface area contributed by atoms with E-state index in [4.69, 9.17) is 0 Å². The van der Waals surface area contributed by atoms with Crippen LogP contribution >= 0.6 is 0 Å². The molecule has 0 unspecified atom stereocenters. The first kappa shape index (κ1) is 7.92. The number of nitrogens with zero attached hydrogens (tertiary/aromatic N) is 1. The second-order valence-electron chi connectivity index (χ2n) is 3.00. The van der Waals surface area contributed by atoms with E-state index in [0.29, 0.717) is 5.69 Å². The third kappa shape index (κ3) is 1.31. The van der Waals surface area contributed by atoms with Crippen molar-refractivity contribution in [2.45, 2.75) is 6.92 Å². The van der Waals surface area contributed by atoms with Gasteiger partial charge in [-0.2, -0.15) is 0 Å². The molecule has 0 aliphatic carbocycles. The lowest BCUT2D eigenvalue weighted by molar-refractivity contribution is 0.111. The van der Waals surface area contributed by atoms with Crippen LogP contribution in [0.1, 0.15) is 16.1 Å². The Balaban J connectivity index is 2.81. The summed E-state index contributed by atoms with van der Waals surface area (Å²) in [6, 6.07) is 9.61. The van der Waals surface area contributed by atoms with Crippen LogP contribution in [-0.2, 0) is 0 Å². The Hall–Kier alpha value is -1.70. The molecule has 0 amide bonds. The number of pyridine rings is 1. The van der Waals surface area contributed by atoms with Gasteiger partial charge in [-0.15, -0.1) is 0 Å². The van der Waals surface area contributed by atoms with E-state index in [1.54, 1.807) is 6.07 Å². The van der Waals surface area contributed by atoms with Gasteiger partial charge in [-0.05, 0) is 18.6 Å². The van der Waals surface area contributed by atoms with E-state index in [0.717, 1.165) is 22.8 Å². The van der Waals surface area contributed by atoms with Crippen molar-refractivity contribution in [1.82, 2.24) is 4.98 Å². The topological polar surface area (TPSA) is 30.0 Å². The predicted octanol–water partition coefficient (Wildman–Crippen LogP) is 2.36. The van der Waals surface area contributed by atoms with Gasteiger partial charge in [-0.3, -0.25) is 4.79 Å². The summed E-state index contributed by atoms with van der Waals surface area (Å²) in [6.45, 7) is 1.99. The third-order valence-corrected chi connectivity index (χ3v) is 2.06. The molecule has 2 aromatic rings. The van der Waals surface area contributed by atoms with Gasteiger partial charge in [0.05, 0.1) is 5.52 Å². The smallest absolute Gasteiger partial charge is 0.168 e. The first-order valence-electron chi connectivity index (χ1n) is 4.13. The van der Waals surface area contributed by atoms with Crippen molar-refractivity contribution >= 4 is 17.2 Å². The summed E-state index contributed by atoms with van der Waals surface area (Å²) in [5.41, 5.74) is 2.50. The van der Waals surface area contributed by atoms with Gasteiger partial charge in [0.15, 0.2) is 6.29 Å². The number of aromatic nitrogens is 1. The first-order chi connectivity index (χ1) is 6.31. The molecule has 2 nitrogen and oxygen atoms in total. The molecule has 0 spiro atoms. The molecule has 0 aliphatic heterocycles. The lowest BCUT2D eigenvalue weighted by atomic mass is 10.1. The Kier molecular flexibility index (Phi) is 1.81. The van der Waals surface area contributed by atoms with Crippen LogP contribution in [-0.4, -0.2) is 11.3 Å². The van der Waals surface area contributed by atoms with Crippen molar-refractivity contribution in [3.8, 4) is 0 Å². The lowest BCUT2D eigenvalue weighted by Crippen LogP contribution is -1.88. The summed E-state index contributed by atoms with van der Waals surface area (Å²) in [5, 5.41) is 1.07. The highest BCUT2D eigenvalue weighted by molar-refractivity contribution is 5.85. The monoisotopic (exact) mass is 171 g/mol. The van der Waals surface area contributed by atoms with Crippen molar-refractivity contribution in [3.05, 3.63) is 41.6 Å². The van der Waals surface area contributed by atoms with Crippen molar-refractivity contribution in [1.29, 1.82) is 0 Å². The van der Waals surface area contributed by atoms with Crippen LogP contribution in [0.5, 0.6) is 0 Å². The summed E-state index contributed by atoms with van der Waals surface area (Å²) >= 11 is 0. The first-order valence-corrected chi connectivity index (χ1v) is 4.13. The van der Waals surface area contributed by atoms with Gasteiger partial charge >= 0.3 is 0 Å². The molecule has 0 aliphatic rings. The van der Waals surface area contributed by atoms with Gasteiger partial charge in [0.2, 0.25) is 0 Å². The Morgan fingerprint density at radius 3 is 2.85 bits per heavy atom. The zero-order chi connectivity index (χ0) is 9.26. The van der Waals surface area contributed by atoms with E-state index in [1.165, 1.54) is 0 Å². The average molecular weight is 171 g/mol. The molecule has 1 aromatic carbocycles. The summed E-state index contributed by atoms with van der Waals surface area (Å²) < 4.78 is 0. The number of para-hydroxylation sites is 1. The van der Waals surface area contributed by atoms with Gasteiger partial charge < -0.3 is 0 Å². The van der Waals surface area contributed by atoms with Crippen LogP contribution in [0, 0.1) is 6.92 Å². The highest BCUT2D eigenvalue weighted by atomic mass is 16.1. The van der Waals surface area contributed by atoms with E-state index >= 15 is 0 Å². The summed E-state index contributed by atoms with van der Waals surface area (Å²) in [7, 11) is 0. The zero-order valence-electron chi connectivity index (χ0n) is 7.32. The van der Waals surface area contributed by atoms with Crippen LogP contribution in [0.4, 0.5) is 0 Å². The van der Waals surface area contributed by atoms with E-state index in [-0.39, 0.29) is 0 Å². The van der Waals surface area contributed by atoms with Crippen LogP contribution in [0.3, 0.4) is 0 Å². The van der Waals surface area contributed by atoms with Crippen LogP contribution in [0.2, 0.25) is 0 Å². The number of hydrogen-bond donors (Lipinski definition) is 0. The van der Waals surface area contributed by atoms with Crippen LogP contribution < -0.4 is 0 Å². The van der Waals surface area contributed by atoms with E-state index in [2.05, 4.69) is 4.98 Å². The normalized spacial score (nSPS) is 10.2. The van der Waals surface area contributed by atoms with Gasteiger partial charge in [-0.1, -0.05) is 24.3 Å². The van der Waals surface area contributed by atoms with Crippen LogP contribution in [0.15, 0.2) is 30.3 Å². The number of benzene rings is 1. The molecule has 0 N–H and O–H groups in total. The maximum absolute atomic E-state index is 10.5. The molecular formula is C11H9NO. The van der Waals surface area contributed by atoms with Crippen LogP contribution in [0.25, 0.3) is 10.9 Å². The Morgan fingerprint density at radius 2 is 2.08 bits per heavy atom. The fraction of sp³-hybridized carbons (Fsp3) is 0.0909. The molecule has 1 heterocycles. The Morgan fingerprint density at radius 1 is 1.23 bits per heavy atom. The Bertz CT molecular complexity index is 463. The molecule has 1 aromatic heterocycles. The molecule has 64 valence electrons. The lowest BCUT2D eigenvalue weighted by Gasteiger charge is -2.00. The van der Waals surface area contributed by atoms with E-state index < -0.39 is 0 Å². The maximum Gasteiger partial charge on any atom is 0.168 e. The van der Waals surface area contributed by atoms with Gasteiger partial charge in [-0.25, -0.2) is 4.98 Å². The van der Waals surface area contributed by atoms with Crippen molar-refractivity contribution in [2.24, 2.45) is 0 Å². The largest absolute Gasteiger partial charge is 0.296 e. The minimum atomic E-state index is 0.488. The third-order valence-electron chi connectivity index (χ3n) is 2.06. The van der Waals surface area contributed by atoms with Gasteiger partial charge in [0.25, 0.3) is 0 Å². The van der Waals surface area contributed by atoms with Crippen molar-refractivity contribution < 1.29 is 4.79 Å². The summed E-state index contributed by atoms with van der Waals surface area (Å²) in [4.78, 5) is 14.7. The van der Waals surface area contributed by atoms with Gasteiger partial charge in [0, 0.05) is 5.39 Å². The second kappa shape index (κ2) is 2.98. The molecule has 0 radical (unpaired) electrons. The minimum Gasteiger partial charge on any atom is -0.296 e. The molecule has 0 fully saturated rings. The second-order valence-corrected chi connectivity index (χ2v) is 3.00. The Labute approximate surface area is 76.2 Å². The fourth-order valence-electron chi connectivity index (χ4n) is 1.38. The number of carbonyl (C=O) groups is 1. The SMILES string of the molecule is Cc1cccc2ccc(C=O)nc12. The quantitative estimate of drug-likeness (QED) is 0.616. The zero-order valence-corrected chi connectivity index (χ0v) is 7.32. The highest BCUT2D eigenvalue weighted by Gasteiger charge is 1.98. The van der Waals surface area contributed by atoms with Gasteiger partial charge in [0.1, 0.15) is 5.69 Å². The average Bonchev–Trinajstić information content (AvgIpc) is 2.18. The standard InChI is InChI=1S/C11H9NO/c1-8-3-2-4-9-5-6-10(7-13)12-11(8)9/h2-7H,1H3. The molecule has 0 bridgehead atoms.